The van der Waals surface area contributed by atoms with Crippen LogP contribution in [0.5, 0.6) is 0 Å². The largest absolute Gasteiger partial charge is 0.341 e. The molecule has 5 nitrogen and oxygen atoms in total. The Morgan fingerprint density at radius 2 is 1.59 bits per heavy atom. The molecule has 1 unspecified atom stereocenters. The highest BCUT2D eigenvalue weighted by atomic mass is 16.2. The number of benzene rings is 1. The number of aryl methyl sites for hydroxylation is 1. The first-order chi connectivity index (χ1) is 15.4. The summed E-state index contributed by atoms with van der Waals surface area (Å²) in [5, 5.41) is 0. The van der Waals surface area contributed by atoms with Crippen LogP contribution in [0, 0.1) is 6.92 Å². The van der Waals surface area contributed by atoms with Crippen molar-refractivity contribution in [3.05, 3.63) is 65.0 Å². The number of carbonyl (C=O) groups excluding carboxylic acids is 2. The predicted molar refractivity (Wildman–Crippen MR) is 127 cm³/mol. The molecule has 2 aliphatic heterocycles. The Labute approximate surface area is 191 Å². The van der Waals surface area contributed by atoms with Gasteiger partial charge in [-0.2, -0.15) is 0 Å². The van der Waals surface area contributed by atoms with Crippen LogP contribution in [-0.2, 0) is 10.2 Å². The number of nitrogens with zero attached hydrogens (tertiary/aromatic N) is 3. The Morgan fingerprint density at radius 1 is 0.906 bits per heavy atom. The van der Waals surface area contributed by atoms with Crippen molar-refractivity contribution in [3.8, 4) is 0 Å². The lowest BCUT2D eigenvalue weighted by atomic mass is 9.81. The Bertz CT molecular complexity index is 944. The molecular weight excluding hydrogens is 398 g/mol. The first-order valence-electron chi connectivity index (χ1n) is 12.0. The Hall–Kier alpha value is -2.69. The van der Waals surface area contributed by atoms with E-state index in [1.165, 1.54) is 12.0 Å². The summed E-state index contributed by atoms with van der Waals surface area (Å²) in [4.78, 5) is 34.8. The topological polar surface area (TPSA) is 53.5 Å². The zero-order valence-corrected chi connectivity index (χ0v) is 19.6. The van der Waals surface area contributed by atoms with Crippen molar-refractivity contribution in [2.45, 2.75) is 64.2 Å². The first kappa shape index (κ1) is 22.5. The number of amides is 2. The van der Waals surface area contributed by atoms with Gasteiger partial charge in [0.2, 0.25) is 5.91 Å². The van der Waals surface area contributed by atoms with Crippen LogP contribution in [0.3, 0.4) is 0 Å². The second-order valence-electron chi connectivity index (χ2n) is 9.91. The van der Waals surface area contributed by atoms with Crippen LogP contribution in [0.2, 0.25) is 0 Å². The molecule has 0 bridgehead atoms. The number of carbonyl (C=O) groups is 2. The third-order valence-corrected chi connectivity index (χ3v) is 7.11. The van der Waals surface area contributed by atoms with E-state index in [2.05, 4.69) is 36.2 Å². The van der Waals surface area contributed by atoms with Gasteiger partial charge in [0.05, 0.1) is 11.0 Å². The molecule has 0 spiro atoms. The van der Waals surface area contributed by atoms with E-state index in [1.807, 2.05) is 35.8 Å². The normalized spacial score (nSPS) is 19.7. The average molecular weight is 434 g/mol. The summed E-state index contributed by atoms with van der Waals surface area (Å²) in [6.45, 7) is 9.25. The third kappa shape index (κ3) is 4.72. The third-order valence-electron chi connectivity index (χ3n) is 7.11. The van der Waals surface area contributed by atoms with Gasteiger partial charge in [0.25, 0.3) is 5.91 Å². The molecule has 0 saturated carbocycles. The zero-order valence-electron chi connectivity index (χ0n) is 19.6. The molecule has 32 heavy (non-hydrogen) atoms. The number of aromatic nitrogens is 1. The minimum atomic E-state index is -0.562. The van der Waals surface area contributed by atoms with Gasteiger partial charge in [0.1, 0.15) is 0 Å². The highest BCUT2D eigenvalue weighted by Crippen LogP contribution is 2.31. The summed E-state index contributed by atoms with van der Waals surface area (Å²) < 4.78 is 0. The quantitative estimate of drug-likeness (QED) is 0.702. The molecule has 2 aliphatic rings. The molecule has 2 saturated heterocycles. The highest BCUT2D eigenvalue weighted by Gasteiger charge is 2.36. The van der Waals surface area contributed by atoms with Crippen LogP contribution in [0.25, 0.3) is 0 Å². The summed E-state index contributed by atoms with van der Waals surface area (Å²) >= 11 is 0. The van der Waals surface area contributed by atoms with Crippen LogP contribution >= 0.6 is 0 Å². The molecule has 170 valence electrons. The maximum absolute atomic E-state index is 13.5. The molecule has 2 aromatic rings. The van der Waals surface area contributed by atoms with E-state index in [-0.39, 0.29) is 17.7 Å². The van der Waals surface area contributed by atoms with Crippen LogP contribution in [0.15, 0.2) is 42.6 Å². The molecule has 0 aliphatic carbocycles. The summed E-state index contributed by atoms with van der Waals surface area (Å²) in [7, 11) is 0. The van der Waals surface area contributed by atoms with Gasteiger partial charge in [-0.15, -0.1) is 0 Å². The molecule has 1 aromatic heterocycles. The SMILES string of the molecule is Cc1ccc(C(C)(C)C(=O)N2CCCC(c3ccc(C(=O)N4CCCCC4)cn3)C2)cc1. The summed E-state index contributed by atoms with van der Waals surface area (Å²) in [5.41, 5.74) is 3.33. The van der Waals surface area contributed by atoms with Gasteiger partial charge in [-0.05, 0) is 70.6 Å². The van der Waals surface area contributed by atoms with E-state index in [9.17, 15) is 9.59 Å². The minimum Gasteiger partial charge on any atom is -0.341 e. The Kier molecular flexibility index (Phi) is 6.63. The fourth-order valence-corrected chi connectivity index (χ4v) is 4.94. The summed E-state index contributed by atoms with van der Waals surface area (Å²) in [6.07, 6.45) is 7.09. The molecular formula is C27H35N3O2. The minimum absolute atomic E-state index is 0.0871. The van der Waals surface area contributed by atoms with Crippen molar-refractivity contribution in [1.29, 1.82) is 0 Å². The molecule has 1 atom stereocenters. The van der Waals surface area contributed by atoms with Crippen LogP contribution in [0.4, 0.5) is 0 Å². The predicted octanol–water partition coefficient (Wildman–Crippen LogP) is 4.70. The van der Waals surface area contributed by atoms with Crippen LogP contribution in [-0.4, -0.2) is 52.8 Å². The standard InChI is InChI=1S/C27H35N3O2/c1-20-9-12-23(13-10-20)27(2,3)26(32)30-17-7-8-22(19-30)24-14-11-21(18-28-24)25(31)29-15-5-4-6-16-29/h9-14,18,22H,4-8,15-17,19H2,1-3H3. The molecule has 5 heteroatoms. The molecule has 0 radical (unpaired) electrons. The van der Waals surface area contributed by atoms with E-state index in [0.29, 0.717) is 12.1 Å². The maximum atomic E-state index is 13.5. The van der Waals surface area contributed by atoms with Gasteiger partial charge >= 0.3 is 0 Å². The maximum Gasteiger partial charge on any atom is 0.255 e. The van der Waals surface area contributed by atoms with E-state index >= 15 is 0 Å². The van der Waals surface area contributed by atoms with Gasteiger partial charge in [-0.1, -0.05) is 29.8 Å². The van der Waals surface area contributed by atoms with Gasteiger partial charge in [-0.25, -0.2) is 0 Å². The number of hydrogen-bond acceptors (Lipinski definition) is 3. The van der Waals surface area contributed by atoms with Crippen LogP contribution < -0.4 is 0 Å². The van der Waals surface area contributed by atoms with E-state index in [1.54, 1.807) is 6.20 Å². The Morgan fingerprint density at radius 3 is 2.25 bits per heavy atom. The van der Waals surface area contributed by atoms with E-state index < -0.39 is 5.41 Å². The second kappa shape index (κ2) is 9.43. The molecule has 1 aromatic carbocycles. The number of hydrogen-bond donors (Lipinski definition) is 0. The lowest BCUT2D eigenvalue weighted by Crippen LogP contribution is -2.47. The van der Waals surface area contributed by atoms with Crippen molar-refractivity contribution in [2.75, 3.05) is 26.2 Å². The van der Waals surface area contributed by atoms with Crippen molar-refractivity contribution in [2.24, 2.45) is 0 Å². The molecule has 0 N–H and O–H groups in total. The smallest absolute Gasteiger partial charge is 0.255 e. The molecule has 4 rings (SSSR count). The van der Waals surface area contributed by atoms with Crippen molar-refractivity contribution < 1.29 is 9.59 Å². The van der Waals surface area contributed by atoms with E-state index in [0.717, 1.165) is 56.6 Å². The molecule has 3 heterocycles. The molecule has 2 amide bonds. The van der Waals surface area contributed by atoms with Crippen molar-refractivity contribution >= 4 is 11.8 Å². The van der Waals surface area contributed by atoms with Gasteiger partial charge in [0, 0.05) is 44.0 Å². The number of piperidine rings is 2. The van der Waals surface area contributed by atoms with Crippen molar-refractivity contribution in [3.63, 3.8) is 0 Å². The number of rotatable bonds is 4. The van der Waals surface area contributed by atoms with Crippen LogP contribution in [0.1, 0.15) is 79.0 Å². The fraction of sp³-hybridized carbons (Fsp3) is 0.519. The van der Waals surface area contributed by atoms with Gasteiger partial charge < -0.3 is 9.80 Å². The number of likely N-dealkylation sites (tertiary alicyclic amines) is 2. The Balaban J connectivity index is 1.43. The monoisotopic (exact) mass is 433 g/mol. The number of pyridine rings is 1. The fourth-order valence-electron chi connectivity index (χ4n) is 4.94. The lowest BCUT2D eigenvalue weighted by Gasteiger charge is -2.37. The highest BCUT2D eigenvalue weighted by molar-refractivity contribution is 5.94. The molecule has 2 fully saturated rings. The summed E-state index contributed by atoms with van der Waals surface area (Å²) in [6, 6.07) is 12.2. The average Bonchev–Trinajstić information content (AvgIpc) is 2.84. The van der Waals surface area contributed by atoms with E-state index in [4.69, 9.17) is 0 Å². The lowest BCUT2D eigenvalue weighted by molar-refractivity contribution is -0.137. The first-order valence-corrected chi connectivity index (χ1v) is 12.0. The van der Waals surface area contributed by atoms with Crippen molar-refractivity contribution in [1.82, 2.24) is 14.8 Å². The second-order valence-corrected chi connectivity index (χ2v) is 9.91. The van der Waals surface area contributed by atoms with Gasteiger partial charge in [-0.3, -0.25) is 14.6 Å². The zero-order chi connectivity index (χ0) is 22.7. The van der Waals surface area contributed by atoms with Gasteiger partial charge in [0.15, 0.2) is 0 Å². The summed E-state index contributed by atoms with van der Waals surface area (Å²) in [5.74, 6) is 0.465.